The Morgan fingerprint density at radius 3 is 2.10 bits per heavy atom. The first-order valence-electron chi connectivity index (χ1n) is 9.72. The van der Waals surface area contributed by atoms with Gasteiger partial charge in [0.05, 0.1) is 11.5 Å². The Morgan fingerprint density at radius 1 is 1.00 bits per heavy atom. The summed E-state index contributed by atoms with van der Waals surface area (Å²) in [6.07, 6.45) is 1.14. The van der Waals surface area contributed by atoms with Crippen LogP contribution in [0.1, 0.15) is 36.7 Å². The van der Waals surface area contributed by atoms with Crippen molar-refractivity contribution in [2.75, 3.05) is 12.9 Å². The summed E-state index contributed by atoms with van der Waals surface area (Å²) in [5.74, 6) is -0.0979. The maximum atomic E-state index is 12.6. The lowest BCUT2D eigenvalue weighted by Crippen LogP contribution is -2.49. The highest BCUT2D eigenvalue weighted by molar-refractivity contribution is 7.90. The van der Waals surface area contributed by atoms with Crippen LogP contribution in [0.15, 0.2) is 53.4 Å². The Morgan fingerprint density at radius 2 is 1.60 bits per heavy atom. The summed E-state index contributed by atoms with van der Waals surface area (Å²) in [6, 6.07) is 12.3. The van der Waals surface area contributed by atoms with Gasteiger partial charge in [-0.15, -0.1) is 0 Å². The average molecular weight is 433 g/mol. The monoisotopic (exact) mass is 432 g/mol. The van der Waals surface area contributed by atoms with Crippen LogP contribution < -0.4 is 15.4 Å². The number of carbonyl (C=O) groups excluding carboxylic acids is 2. The third-order valence-electron chi connectivity index (χ3n) is 4.48. The molecule has 2 aromatic carbocycles. The van der Waals surface area contributed by atoms with Crippen LogP contribution in [0.3, 0.4) is 0 Å². The van der Waals surface area contributed by atoms with E-state index in [1.54, 1.807) is 36.4 Å². The fourth-order valence-corrected chi connectivity index (χ4v) is 3.41. The second-order valence-corrected chi connectivity index (χ2v) is 9.30. The Bertz CT molecular complexity index is 968. The predicted molar refractivity (Wildman–Crippen MR) is 115 cm³/mol. The summed E-state index contributed by atoms with van der Waals surface area (Å²) in [5, 5.41) is 5.58. The van der Waals surface area contributed by atoms with Crippen molar-refractivity contribution in [1.29, 1.82) is 0 Å². The summed E-state index contributed by atoms with van der Waals surface area (Å²) in [4.78, 5) is 25.4. The van der Waals surface area contributed by atoms with Crippen LogP contribution in [-0.4, -0.2) is 39.1 Å². The smallest absolute Gasteiger partial charge is 0.251 e. The van der Waals surface area contributed by atoms with E-state index in [-0.39, 0.29) is 29.2 Å². The van der Waals surface area contributed by atoms with Gasteiger partial charge in [-0.1, -0.05) is 26.0 Å². The van der Waals surface area contributed by atoms with Crippen LogP contribution in [0.5, 0.6) is 5.75 Å². The number of rotatable bonds is 9. The third kappa shape index (κ3) is 6.59. The van der Waals surface area contributed by atoms with Crippen LogP contribution in [-0.2, 0) is 21.2 Å². The molecular weight excluding hydrogens is 404 g/mol. The molecule has 30 heavy (non-hydrogen) atoms. The van der Waals surface area contributed by atoms with E-state index in [4.69, 9.17) is 4.74 Å². The van der Waals surface area contributed by atoms with Crippen LogP contribution >= 0.6 is 0 Å². The summed E-state index contributed by atoms with van der Waals surface area (Å²) >= 11 is 0. The number of nitrogens with one attached hydrogen (secondary N) is 2. The molecule has 0 aliphatic heterocycles. The highest BCUT2D eigenvalue weighted by Crippen LogP contribution is 2.13. The van der Waals surface area contributed by atoms with E-state index in [2.05, 4.69) is 10.6 Å². The number of benzene rings is 2. The predicted octanol–water partition coefficient (Wildman–Crippen LogP) is 2.56. The quantitative estimate of drug-likeness (QED) is 0.634. The molecule has 2 rings (SSSR count). The Hall–Kier alpha value is -2.87. The van der Waals surface area contributed by atoms with Crippen molar-refractivity contribution in [2.45, 2.75) is 38.3 Å². The largest absolute Gasteiger partial charge is 0.494 e. The fourth-order valence-electron chi connectivity index (χ4n) is 2.78. The van der Waals surface area contributed by atoms with Crippen LogP contribution in [0.2, 0.25) is 0 Å². The number of amides is 2. The molecule has 7 nitrogen and oxygen atoms in total. The van der Waals surface area contributed by atoms with E-state index in [1.165, 1.54) is 12.1 Å². The minimum atomic E-state index is -3.26. The molecule has 0 saturated heterocycles. The molecule has 0 saturated carbocycles. The summed E-state index contributed by atoms with van der Waals surface area (Å²) in [7, 11) is -3.26. The molecule has 0 aliphatic rings. The van der Waals surface area contributed by atoms with Crippen molar-refractivity contribution in [3.05, 3.63) is 59.7 Å². The Balaban J connectivity index is 1.99. The van der Waals surface area contributed by atoms with Gasteiger partial charge in [-0.2, -0.15) is 0 Å². The molecule has 0 aromatic heterocycles. The van der Waals surface area contributed by atoms with Gasteiger partial charge in [0, 0.05) is 18.4 Å². The molecule has 8 heteroatoms. The maximum Gasteiger partial charge on any atom is 0.251 e. The molecule has 0 spiro atoms. The lowest BCUT2D eigenvalue weighted by molar-refractivity contribution is -0.124. The molecule has 1 atom stereocenters. The second kappa shape index (κ2) is 10.2. The maximum absolute atomic E-state index is 12.6. The summed E-state index contributed by atoms with van der Waals surface area (Å²) in [6.45, 7) is 6.35. The molecule has 162 valence electrons. The number of hydrogen-bond acceptors (Lipinski definition) is 5. The van der Waals surface area contributed by atoms with Crippen molar-refractivity contribution < 1.29 is 22.7 Å². The molecule has 0 fully saturated rings. The van der Waals surface area contributed by atoms with Crippen molar-refractivity contribution in [2.24, 2.45) is 5.92 Å². The molecular formula is C22H28N2O5S. The van der Waals surface area contributed by atoms with Gasteiger partial charge < -0.3 is 15.4 Å². The van der Waals surface area contributed by atoms with Gasteiger partial charge in [-0.05, 0) is 54.8 Å². The van der Waals surface area contributed by atoms with Gasteiger partial charge in [-0.3, -0.25) is 9.59 Å². The van der Waals surface area contributed by atoms with Gasteiger partial charge in [0.1, 0.15) is 11.8 Å². The zero-order valence-electron chi connectivity index (χ0n) is 17.6. The van der Waals surface area contributed by atoms with Crippen LogP contribution in [0, 0.1) is 5.92 Å². The SMILES string of the molecule is CCOc1ccc(C(=O)NC(C(=O)NCc2ccc(S(C)(=O)=O)cc2)C(C)C)cc1. The van der Waals surface area contributed by atoms with Crippen LogP contribution in [0.25, 0.3) is 0 Å². The fraction of sp³-hybridized carbons (Fsp3) is 0.364. The zero-order chi connectivity index (χ0) is 22.3. The number of carbonyl (C=O) groups is 2. The second-order valence-electron chi connectivity index (χ2n) is 7.29. The van der Waals surface area contributed by atoms with Gasteiger partial charge >= 0.3 is 0 Å². The van der Waals surface area contributed by atoms with Gasteiger partial charge in [0.2, 0.25) is 5.91 Å². The third-order valence-corrected chi connectivity index (χ3v) is 5.61. The summed E-state index contributed by atoms with van der Waals surface area (Å²) in [5.41, 5.74) is 1.20. The lowest BCUT2D eigenvalue weighted by atomic mass is 10.0. The first kappa shape index (κ1) is 23.4. The van der Waals surface area contributed by atoms with Gasteiger partial charge in [0.25, 0.3) is 5.91 Å². The van der Waals surface area contributed by atoms with Crippen molar-refractivity contribution >= 4 is 21.7 Å². The molecule has 1 unspecified atom stereocenters. The van der Waals surface area contributed by atoms with E-state index in [9.17, 15) is 18.0 Å². The topological polar surface area (TPSA) is 102 Å². The minimum absolute atomic E-state index is 0.121. The minimum Gasteiger partial charge on any atom is -0.494 e. The highest BCUT2D eigenvalue weighted by Gasteiger charge is 2.24. The molecule has 0 radical (unpaired) electrons. The van der Waals surface area contributed by atoms with E-state index >= 15 is 0 Å². The number of hydrogen-bond donors (Lipinski definition) is 2. The van der Waals surface area contributed by atoms with Crippen molar-refractivity contribution in [3.8, 4) is 5.75 Å². The normalized spacial score (nSPS) is 12.3. The van der Waals surface area contributed by atoms with E-state index in [1.807, 2.05) is 20.8 Å². The van der Waals surface area contributed by atoms with E-state index < -0.39 is 15.9 Å². The Labute approximate surface area is 177 Å². The van der Waals surface area contributed by atoms with Crippen molar-refractivity contribution in [3.63, 3.8) is 0 Å². The molecule has 0 aliphatic carbocycles. The van der Waals surface area contributed by atoms with Gasteiger partial charge in [-0.25, -0.2) is 8.42 Å². The molecule has 2 N–H and O–H groups in total. The first-order chi connectivity index (χ1) is 14.1. The summed E-state index contributed by atoms with van der Waals surface area (Å²) < 4.78 is 28.4. The standard InChI is InChI=1S/C22H28N2O5S/c1-5-29-18-10-8-17(9-11-18)21(25)24-20(15(2)3)22(26)23-14-16-6-12-19(13-7-16)30(4,27)28/h6-13,15,20H,5,14H2,1-4H3,(H,23,26)(H,24,25). The molecule has 2 amide bonds. The lowest BCUT2D eigenvalue weighted by Gasteiger charge is -2.22. The first-order valence-corrected chi connectivity index (χ1v) is 11.6. The molecule has 2 aromatic rings. The highest BCUT2D eigenvalue weighted by atomic mass is 32.2. The van der Waals surface area contributed by atoms with E-state index in [0.29, 0.717) is 17.9 Å². The number of ether oxygens (including phenoxy) is 1. The number of sulfone groups is 1. The van der Waals surface area contributed by atoms with Crippen molar-refractivity contribution in [1.82, 2.24) is 10.6 Å². The van der Waals surface area contributed by atoms with Crippen LogP contribution in [0.4, 0.5) is 0 Å². The zero-order valence-corrected chi connectivity index (χ0v) is 18.5. The molecule has 0 heterocycles. The van der Waals surface area contributed by atoms with Gasteiger partial charge in [0.15, 0.2) is 9.84 Å². The average Bonchev–Trinajstić information content (AvgIpc) is 2.70. The molecule has 0 bridgehead atoms. The van der Waals surface area contributed by atoms with E-state index in [0.717, 1.165) is 11.8 Å². The Kier molecular flexibility index (Phi) is 8.00.